The number of non-ortho nitro benzene ring substituents is 1. The summed E-state index contributed by atoms with van der Waals surface area (Å²) in [4.78, 5) is 20.4. The Bertz CT molecular complexity index is 971. The molecule has 0 amide bonds. The number of benzene rings is 1. The normalized spacial score (nSPS) is 17.4. The molecular formula is C14H13N5O4. The van der Waals surface area contributed by atoms with Crippen LogP contribution >= 0.6 is 0 Å². The van der Waals surface area contributed by atoms with Gasteiger partial charge in [-0.15, -0.1) is 0 Å². The molecule has 9 heteroatoms. The number of aromatic nitrogens is 4. The van der Waals surface area contributed by atoms with Crippen molar-refractivity contribution in [3.63, 3.8) is 0 Å². The quantitative estimate of drug-likeness (QED) is 0.497. The maximum Gasteiger partial charge on any atom is 0.322 e. The third kappa shape index (κ3) is 1.68. The second-order valence-electron chi connectivity index (χ2n) is 5.68. The minimum absolute atomic E-state index is 0.0278. The molecule has 0 aliphatic carbocycles. The molecule has 0 spiro atoms. The summed E-state index contributed by atoms with van der Waals surface area (Å²) in [6, 6.07) is 1.89. The van der Waals surface area contributed by atoms with Gasteiger partial charge in [-0.1, -0.05) is 0 Å². The number of fused-ring (bicyclic) bond motifs is 6. The van der Waals surface area contributed by atoms with Crippen LogP contribution in [-0.4, -0.2) is 37.2 Å². The zero-order valence-corrected chi connectivity index (χ0v) is 12.2. The molecule has 2 aliphatic rings. The van der Waals surface area contributed by atoms with Crippen molar-refractivity contribution in [2.24, 2.45) is 0 Å². The van der Waals surface area contributed by atoms with E-state index in [0.29, 0.717) is 56.1 Å². The second-order valence-corrected chi connectivity index (χ2v) is 5.68. The maximum absolute atomic E-state index is 11.8. The monoisotopic (exact) mass is 315 g/mol. The predicted octanol–water partition coefficient (Wildman–Crippen LogP) is 1.35. The van der Waals surface area contributed by atoms with E-state index in [1.54, 1.807) is 0 Å². The van der Waals surface area contributed by atoms with Gasteiger partial charge in [-0.2, -0.15) is 0 Å². The van der Waals surface area contributed by atoms with E-state index in [1.165, 1.54) is 0 Å². The average Bonchev–Trinajstić information content (AvgIpc) is 3.10. The first-order valence-electron chi connectivity index (χ1n) is 7.45. The van der Waals surface area contributed by atoms with E-state index in [2.05, 4.69) is 9.97 Å². The zero-order chi connectivity index (χ0) is 15.6. The van der Waals surface area contributed by atoms with Gasteiger partial charge in [0.25, 0.3) is 0 Å². The minimum Gasteiger partial charge on any atom is -0.372 e. The van der Waals surface area contributed by atoms with E-state index in [1.807, 2.05) is 15.2 Å². The third-order valence-electron chi connectivity index (χ3n) is 4.44. The predicted molar refractivity (Wildman–Crippen MR) is 79.0 cm³/mol. The lowest BCUT2D eigenvalue weighted by molar-refractivity contribution is -0.381. The SMILES string of the molecule is O=[N+]([O-])c1c2nc3n(c2cc2nc4n(c12)CCOC4)CCOC3. The molecule has 2 aromatic heterocycles. The lowest BCUT2D eigenvalue weighted by Crippen LogP contribution is -2.16. The zero-order valence-electron chi connectivity index (χ0n) is 12.2. The fraction of sp³-hybridized carbons (Fsp3) is 0.429. The van der Waals surface area contributed by atoms with Crippen molar-refractivity contribution >= 4 is 27.8 Å². The molecule has 3 aromatic rings. The van der Waals surface area contributed by atoms with E-state index in [-0.39, 0.29) is 10.6 Å². The lowest BCUT2D eigenvalue weighted by Gasteiger charge is -2.15. The molecule has 0 unspecified atom stereocenters. The van der Waals surface area contributed by atoms with Crippen LogP contribution in [0.3, 0.4) is 0 Å². The highest BCUT2D eigenvalue weighted by Gasteiger charge is 2.30. The Balaban J connectivity index is 1.94. The highest BCUT2D eigenvalue weighted by atomic mass is 16.6. The number of imidazole rings is 2. The molecule has 1 aromatic carbocycles. The molecule has 9 nitrogen and oxygen atoms in total. The topological polar surface area (TPSA) is 97.2 Å². The molecule has 0 saturated carbocycles. The third-order valence-corrected chi connectivity index (χ3v) is 4.44. The second kappa shape index (κ2) is 4.49. The van der Waals surface area contributed by atoms with Gasteiger partial charge < -0.3 is 18.6 Å². The summed E-state index contributed by atoms with van der Waals surface area (Å²) in [6.07, 6.45) is 0. The summed E-state index contributed by atoms with van der Waals surface area (Å²) in [5, 5.41) is 11.8. The Morgan fingerprint density at radius 3 is 2.52 bits per heavy atom. The van der Waals surface area contributed by atoms with Crippen LogP contribution in [0.4, 0.5) is 5.69 Å². The minimum atomic E-state index is -0.352. The van der Waals surface area contributed by atoms with Crippen LogP contribution in [-0.2, 0) is 35.8 Å². The highest BCUT2D eigenvalue weighted by molar-refractivity contribution is 6.03. The number of hydrogen-bond acceptors (Lipinski definition) is 6. The Hall–Kier alpha value is -2.52. The smallest absolute Gasteiger partial charge is 0.322 e. The molecule has 0 fully saturated rings. The van der Waals surface area contributed by atoms with Crippen molar-refractivity contribution in [3.8, 4) is 0 Å². The van der Waals surface area contributed by atoms with Crippen LogP contribution in [0.25, 0.3) is 22.1 Å². The number of nitrogens with zero attached hydrogens (tertiary/aromatic N) is 5. The van der Waals surface area contributed by atoms with E-state index < -0.39 is 0 Å². The number of ether oxygens (including phenoxy) is 2. The first kappa shape index (κ1) is 13.0. The van der Waals surface area contributed by atoms with Crippen molar-refractivity contribution in [2.45, 2.75) is 26.3 Å². The maximum atomic E-state index is 11.8. The first-order chi connectivity index (χ1) is 11.2. The van der Waals surface area contributed by atoms with Gasteiger partial charge in [0.2, 0.25) is 0 Å². The van der Waals surface area contributed by atoms with Gasteiger partial charge in [0.1, 0.15) is 30.4 Å². The van der Waals surface area contributed by atoms with Gasteiger partial charge in [-0.05, 0) is 6.07 Å². The molecule has 0 N–H and O–H groups in total. The van der Waals surface area contributed by atoms with E-state index in [4.69, 9.17) is 9.47 Å². The van der Waals surface area contributed by atoms with Gasteiger partial charge in [-0.3, -0.25) is 10.1 Å². The van der Waals surface area contributed by atoms with Gasteiger partial charge in [0, 0.05) is 13.1 Å². The van der Waals surface area contributed by atoms with E-state index in [9.17, 15) is 10.1 Å². The van der Waals surface area contributed by atoms with Crippen LogP contribution < -0.4 is 0 Å². The van der Waals surface area contributed by atoms with Crippen LogP contribution in [0.5, 0.6) is 0 Å². The van der Waals surface area contributed by atoms with Crippen molar-refractivity contribution in [3.05, 3.63) is 27.8 Å². The van der Waals surface area contributed by atoms with Gasteiger partial charge in [-0.25, -0.2) is 9.97 Å². The Morgan fingerprint density at radius 1 is 1.09 bits per heavy atom. The molecule has 4 heterocycles. The fourth-order valence-corrected chi connectivity index (χ4v) is 3.47. The number of nitro benzene ring substituents is 1. The van der Waals surface area contributed by atoms with Gasteiger partial charge in [0.05, 0.1) is 29.2 Å². The Kier molecular flexibility index (Phi) is 2.53. The van der Waals surface area contributed by atoms with Gasteiger partial charge in [0.15, 0.2) is 5.52 Å². The van der Waals surface area contributed by atoms with Crippen LogP contribution in [0.15, 0.2) is 6.07 Å². The molecule has 118 valence electrons. The fourth-order valence-electron chi connectivity index (χ4n) is 3.47. The van der Waals surface area contributed by atoms with Crippen molar-refractivity contribution in [2.75, 3.05) is 13.2 Å². The highest BCUT2D eigenvalue weighted by Crippen LogP contribution is 2.36. The summed E-state index contributed by atoms with van der Waals surface area (Å²) in [5.74, 6) is 1.45. The van der Waals surface area contributed by atoms with Gasteiger partial charge >= 0.3 is 5.69 Å². The summed E-state index contributed by atoms with van der Waals surface area (Å²) < 4.78 is 14.7. The van der Waals surface area contributed by atoms with E-state index in [0.717, 1.165) is 17.2 Å². The molecule has 23 heavy (non-hydrogen) atoms. The molecule has 0 atom stereocenters. The molecule has 0 bridgehead atoms. The first-order valence-corrected chi connectivity index (χ1v) is 7.45. The molecule has 0 saturated heterocycles. The Labute approximate surface area is 129 Å². The summed E-state index contributed by atoms with van der Waals surface area (Å²) in [6.45, 7) is 3.07. The van der Waals surface area contributed by atoms with Crippen molar-refractivity contribution < 1.29 is 14.4 Å². The number of nitro groups is 1. The van der Waals surface area contributed by atoms with Crippen LogP contribution in [0.1, 0.15) is 11.6 Å². The number of hydrogen-bond donors (Lipinski definition) is 0. The Morgan fingerprint density at radius 2 is 1.78 bits per heavy atom. The largest absolute Gasteiger partial charge is 0.372 e. The molecule has 2 aliphatic heterocycles. The van der Waals surface area contributed by atoms with E-state index >= 15 is 0 Å². The van der Waals surface area contributed by atoms with Crippen LogP contribution in [0.2, 0.25) is 0 Å². The van der Waals surface area contributed by atoms with Crippen molar-refractivity contribution in [1.82, 2.24) is 19.1 Å². The molecule has 0 radical (unpaired) electrons. The van der Waals surface area contributed by atoms with Crippen molar-refractivity contribution in [1.29, 1.82) is 0 Å². The number of rotatable bonds is 1. The summed E-state index contributed by atoms with van der Waals surface area (Å²) in [5.41, 5.74) is 2.35. The summed E-state index contributed by atoms with van der Waals surface area (Å²) >= 11 is 0. The van der Waals surface area contributed by atoms with Crippen LogP contribution in [0, 0.1) is 10.1 Å². The molecule has 5 rings (SSSR count). The molecular weight excluding hydrogens is 302 g/mol. The standard InChI is InChI=1S/C14H13N5O4/c20-19(21)14-12-9(17-1-3-22-7-11(17)16-12)5-8-13(14)18-2-4-23-6-10(18)15-8/h5H,1-4,6-7H2. The summed E-state index contributed by atoms with van der Waals surface area (Å²) in [7, 11) is 0. The lowest BCUT2D eigenvalue weighted by atomic mass is 10.2. The average molecular weight is 315 g/mol.